The molecule has 33 heavy (non-hydrogen) atoms. The number of hydrogen-bond acceptors (Lipinski definition) is 7. The molecule has 0 fully saturated rings. The summed E-state index contributed by atoms with van der Waals surface area (Å²) in [7, 11) is 0.301. The molecule has 1 heterocycles. The fraction of sp³-hybridized carbons (Fsp3) is 0.391. The largest absolute Gasteiger partial charge is 0.492 e. The van der Waals surface area contributed by atoms with E-state index >= 15 is 0 Å². The van der Waals surface area contributed by atoms with E-state index in [0.29, 0.717) is 36.1 Å². The van der Waals surface area contributed by atoms with Crippen LogP contribution < -0.4 is 9.64 Å². The van der Waals surface area contributed by atoms with Crippen molar-refractivity contribution in [1.82, 2.24) is 9.88 Å². The number of carbonyl (C=O) groups is 1. The highest BCUT2D eigenvalue weighted by molar-refractivity contribution is 7.91. The van der Waals surface area contributed by atoms with E-state index in [9.17, 15) is 13.2 Å². The minimum atomic E-state index is -3.55. The van der Waals surface area contributed by atoms with Crippen LogP contribution >= 0.6 is 23.7 Å². The van der Waals surface area contributed by atoms with Gasteiger partial charge >= 0.3 is 0 Å². The molecule has 7 nitrogen and oxygen atoms in total. The Hall–Kier alpha value is -2.20. The van der Waals surface area contributed by atoms with E-state index in [1.165, 1.54) is 11.3 Å². The number of carbonyl (C=O) groups excluding carboxylic acids is 1. The molecule has 0 atom stereocenters. The van der Waals surface area contributed by atoms with E-state index in [0.717, 1.165) is 10.3 Å². The third-order valence-electron chi connectivity index (χ3n) is 4.94. The first kappa shape index (κ1) is 27.0. The van der Waals surface area contributed by atoms with Crippen molar-refractivity contribution >= 4 is 54.8 Å². The minimum Gasteiger partial charge on any atom is -0.492 e. The van der Waals surface area contributed by atoms with Crippen molar-refractivity contribution in [2.24, 2.45) is 0 Å². The van der Waals surface area contributed by atoms with Gasteiger partial charge in [0.15, 0.2) is 15.0 Å². The average Bonchev–Trinajstić information content (AvgIpc) is 3.18. The molecule has 0 aliphatic carbocycles. The molecule has 0 radical (unpaired) electrons. The Morgan fingerprint density at radius 3 is 2.42 bits per heavy atom. The van der Waals surface area contributed by atoms with Crippen molar-refractivity contribution in [2.45, 2.75) is 25.2 Å². The molecule has 0 saturated carbocycles. The van der Waals surface area contributed by atoms with Gasteiger partial charge < -0.3 is 9.64 Å². The molecular formula is C23H30ClN3O4S2. The van der Waals surface area contributed by atoms with Gasteiger partial charge in [-0.25, -0.2) is 13.4 Å². The Bertz CT molecular complexity index is 1180. The first-order valence-electron chi connectivity index (χ1n) is 10.5. The van der Waals surface area contributed by atoms with Crippen molar-refractivity contribution in [1.29, 1.82) is 0 Å². The molecule has 0 unspecified atom stereocenters. The summed E-state index contributed by atoms with van der Waals surface area (Å²) >= 11 is 1.40. The molecule has 0 saturated heterocycles. The number of para-hydroxylation sites is 1. The summed E-state index contributed by atoms with van der Waals surface area (Å²) in [6, 6.07) is 12.4. The molecule has 3 rings (SSSR count). The number of benzene rings is 2. The van der Waals surface area contributed by atoms with E-state index in [-0.39, 0.29) is 35.4 Å². The first-order valence-corrected chi connectivity index (χ1v) is 12.9. The summed E-state index contributed by atoms with van der Waals surface area (Å²) in [6.07, 6.45) is -0.113. The third-order valence-corrected chi connectivity index (χ3v) is 7.71. The van der Waals surface area contributed by atoms with Crippen molar-refractivity contribution < 1.29 is 17.9 Å². The SMILES string of the molecule is CCOc1cccc2sc(N(CCN(C)C)C(=O)CCS(=O)(=O)c3ccc(C)cc3)nc12.Cl. The number of halogens is 1. The highest BCUT2D eigenvalue weighted by Crippen LogP contribution is 2.34. The minimum absolute atomic E-state index is 0. The number of amides is 1. The fourth-order valence-electron chi connectivity index (χ4n) is 3.15. The lowest BCUT2D eigenvalue weighted by atomic mass is 10.2. The summed E-state index contributed by atoms with van der Waals surface area (Å²) in [5.41, 5.74) is 1.70. The zero-order chi connectivity index (χ0) is 23.3. The molecule has 0 aliphatic heterocycles. The van der Waals surface area contributed by atoms with Crippen molar-refractivity contribution in [3.8, 4) is 5.75 Å². The van der Waals surface area contributed by atoms with Crippen LogP contribution in [0.3, 0.4) is 0 Å². The van der Waals surface area contributed by atoms with Gasteiger partial charge in [0.2, 0.25) is 5.91 Å². The van der Waals surface area contributed by atoms with Crippen LogP contribution in [0.25, 0.3) is 10.2 Å². The molecule has 1 aromatic heterocycles. The molecule has 1 amide bonds. The molecule has 0 aliphatic rings. The van der Waals surface area contributed by atoms with Gasteiger partial charge in [-0.1, -0.05) is 35.1 Å². The topological polar surface area (TPSA) is 79.8 Å². The van der Waals surface area contributed by atoms with E-state index in [4.69, 9.17) is 4.74 Å². The Labute approximate surface area is 205 Å². The fourth-order valence-corrected chi connectivity index (χ4v) is 5.40. The zero-order valence-corrected chi connectivity index (χ0v) is 21.7. The van der Waals surface area contributed by atoms with Crippen LogP contribution in [0.2, 0.25) is 0 Å². The second-order valence-electron chi connectivity index (χ2n) is 7.76. The summed E-state index contributed by atoms with van der Waals surface area (Å²) in [6.45, 7) is 5.38. The van der Waals surface area contributed by atoms with Gasteiger partial charge in [0, 0.05) is 19.5 Å². The number of likely N-dealkylation sites (N-methyl/N-ethyl adjacent to an activating group) is 1. The number of aromatic nitrogens is 1. The van der Waals surface area contributed by atoms with Crippen molar-refractivity contribution in [3.63, 3.8) is 0 Å². The summed E-state index contributed by atoms with van der Waals surface area (Å²) in [5.74, 6) is 0.164. The number of thiazole rings is 1. The van der Waals surface area contributed by atoms with Crippen LogP contribution in [-0.2, 0) is 14.6 Å². The standard InChI is InChI=1S/C23H29N3O4S2.ClH/c1-5-30-19-7-6-8-20-22(19)24-23(31-20)26(15-14-25(3)4)21(27)13-16-32(28,29)18-11-9-17(2)10-12-18;/h6-12H,5,13-16H2,1-4H3;1H. The Kier molecular flexibility index (Phi) is 9.66. The summed E-state index contributed by atoms with van der Waals surface area (Å²) in [4.78, 5) is 21.6. The van der Waals surface area contributed by atoms with Crippen LogP contribution in [0.1, 0.15) is 18.9 Å². The van der Waals surface area contributed by atoms with Crippen LogP contribution in [0.4, 0.5) is 5.13 Å². The lowest BCUT2D eigenvalue weighted by molar-refractivity contribution is -0.118. The molecule has 0 spiro atoms. The maximum atomic E-state index is 13.2. The van der Waals surface area contributed by atoms with E-state index in [1.54, 1.807) is 29.2 Å². The molecular weight excluding hydrogens is 482 g/mol. The van der Waals surface area contributed by atoms with Crippen molar-refractivity contribution in [2.75, 3.05) is 44.4 Å². The van der Waals surface area contributed by atoms with Crippen molar-refractivity contribution in [3.05, 3.63) is 48.0 Å². The zero-order valence-electron chi connectivity index (χ0n) is 19.3. The van der Waals surface area contributed by atoms with Crippen LogP contribution in [0.15, 0.2) is 47.4 Å². The van der Waals surface area contributed by atoms with Gasteiger partial charge in [-0.15, -0.1) is 12.4 Å². The number of nitrogens with zero attached hydrogens (tertiary/aromatic N) is 3. The Balaban J connectivity index is 0.00000385. The maximum Gasteiger partial charge on any atom is 0.229 e. The molecule has 2 aromatic carbocycles. The Morgan fingerprint density at radius 2 is 1.79 bits per heavy atom. The summed E-state index contributed by atoms with van der Waals surface area (Å²) in [5, 5.41) is 0.548. The lowest BCUT2D eigenvalue weighted by Gasteiger charge is -2.22. The maximum absolute atomic E-state index is 13.2. The predicted octanol–water partition coefficient (Wildman–Crippen LogP) is 4.18. The average molecular weight is 512 g/mol. The number of sulfone groups is 1. The highest BCUT2D eigenvalue weighted by Gasteiger charge is 2.24. The van der Waals surface area contributed by atoms with Gasteiger partial charge in [0.25, 0.3) is 0 Å². The molecule has 0 bridgehead atoms. The second-order valence-corrected chi connectivity index (χ2v) is 10.9. The van der Waals surface area contributed by atoms with Gasteiger partial charge in [0.1, 0.15) is 11.3 Å². The van der Waals surface area contributed by atoms with Gasteiger partial charge in [-0.2, -0.15) is 0 Å². The monoisotopic (exact) mass is 511 g/mol. The van der Waals surface area contributed by atoms with Crippen LogP contribution in [0.5, 0.6) is 5.75 Å². The van der Waals surface area contributed by atoms with E-state index in [1.807, 2.05) is 51.0 Å². The number of ether oxygens (including phenoxy) is 1. The molecule has 0 N–H and O–H groups in total. The van der Waals surface area contributed by atoms with Gasteiger partial charge in [-0.3, -0.25) is 9.69 Å². The summed E-state index contributed by atoms with van der Waals surface area (Å²) < 4.78 is 32.0. The second kappa shape index (κ2) is 11.8. The van der Waals surface area contributed by atoms with Crippen LogP contribution in [-0.4, -0.2) is 63.8 Å². The molecule has 3 aromatic rings. The smallest absolute Gasteiger partial charge is 0.229 e. The highest BCUT2D eigenvalue weighted by atomic mass is 35.5. The third kappa shape index (κ3) is 6.89. The lowest BCUT2D eigenvalue weighted by Crippen LogP contribution is -2.37. The first-order chi connectivity index (χ1) is 15.2. The molecule has 180 valence electrons. The van der Waals surface area contributed by atoms with Gasteiger partial charge in [0.05, 0.1) is 22.0 Å². The predicted molar refractivity (Wildman–Crippen MR) is 137 cm³/mol. The quantitative estimate of drug-likeness (QED) is 0.406. The molecule has 10 heteroatoms. The van der Waals surface area contributed by atoms with E-state index in [2.05, 4.69) is 4.98 Å². The Morgan fingerprint density at radius 1 is 1.09 bits per heavy atom. The van der Waals surface area contributed by atoms with E-state index < -0.39 is 9.84 Å². The number of anilines is 1. The number of fused-ring (bicyclic) bond motifs is 1. The number of rotatable bonds is 10. The van der Waals surface area contributed by atoms with Crippen LogP contribution in [0, 0.1) is 6.92 Å². The number of aryl methyl sites for hydroxylation is 1. The van der Waals surface area contributed by atoms with Gasteiger partial charge in [-0.05, 0) is 52.2 Å². The normalized spacial score (nSPS) is 11.4. The number of hydrogen-bond donors (Lipinski definition) is 0.